The first-order chi connectivity index (χ1) is 18.1. The molecule has 0 unspecified atom stereocenters. The number of para-hydroxylation sites is 1. The molecule has 0 radical (unpaired) electrons. The Morgan fingerprint density at radius 2 is 1.59 bits per heavy atom. The molecule has 186 valence electrons. The van der Waals surface area contributed by atoms with Crippen LogP contribution in [0.1, 0.15) is 40.9 Å². The second-order valence-corrected chi connectivity index (χ2v) is 9.86. The number of benzene rings is 4. The van der Waals surface area contributed by atoms with Crippen LogP contribution in [0.5, 0.6) is 17.2 Å². The van der Waals surface area contributed by atoms with Gasteiger partial charge in [0, 0.05) is 27.6 Å². The highest BCUT2D eigenvalue weighted by Gasteiger charge is 2.42. The van der Waals surface area contributed by atoms with Gasteiger partial charge in [0.25, 0.3) is 0 Å². The SMILES string of the molecule is COc1cccc2c1O[C@@H](c1ccc(OCc3ccc(Cl)cc3)cc1)N1N=C(c3ccc(Cl)cc3)C[C@@H]21. The predicted octanol–water partition coefficient (Wildman–Crippen LogP) is 7.82. The Kier molecular flexibility index (Phi) is 6.41. The Labute approximate surface area is 225 Å². The number of rotatable bonds is 6. The molecule has 0 aromatic heterocycles. The summed E-state index contributed by atoms with van der Waals surface area (Å²) in [7, 11) is 1.66. The van der Waals surface area contributed by atoms with Crippen molar-refractivity contribution in [1.82, 2.24) is 5.01 Å². The Bertz CT molecular complexity index is 1440. The minimum atomic E-state index is -0.413. The molecule has 0 N–H and O–H groups in total. The van der Waals surface area contributed by atoms with E-state index < -0.39 is 6.23 Å². The van der Waals surface area contributed by atoms with Crippen molar-refractivity contribution >= 4 is 28.9 Å². The van der Waals surface area contributed by atoms with Crippen LogP contribution in [-0.2, 0) is 6.61 Å². The van der Waals surface area contributed by atoms with Crippen molar-refractivity contribution < 1.29 is 14.2 Å². The van der Waals surface area contributed by atoms with Crippen LogP contribution in [0.15, 0.2) is 96.1 Å². The summed E-state index contributed by atoms with van der Waals surface area (Å²) in [6.45, 7) is 0.462. The van der Waals surface area contributed by atoms with E-state index in [-0.39, 0.29) is 6.04 Å². The number of nitrogens with zero attached hydrogens (tertiary/aromatic N) is 2. The van der Waals surface area contributed by atoms with Gasteiger partial charge in [0.2, 0.25) is 6.23 Å². The third-order valence-electron chi connectivity index (χ3n) is 6.66. The van der Waals surface area contributed by atoms with Crippen LogP contribution in [-0.4, -0.2) is 17.8 Å². The molecule has 4 aromatic rings. The number of hydrogen-bond donors (Lipinski definition) is 0. The smallest absolute Gasteiger partial charge is 0.214 e. The summed E-state index contributed by atoms with van der Waals surface area (Å²) < 4.78 is 18.2. The second kappa shape index (κ2) is 10.0. The fourth-order valence-electron chi connectivity index (χ4n) is 4.76. The molecule has 2 heterocycles. The molecule has 5 nitrogen and oxygen atoms in total. The van der Waals surface area contributed by atoms with Gasteiger partial charge >= 0.3 is 0 Å². The minimum Gasteiger partial charge on any atom is -0.493 e. The molecule has 0 amide bonds. The first-order valence-electron chi connectivity index (χ1n) is 12.0. The maximum atomic E-state index is 6.56. The van der Waals surface area contributed by atoms with Gasteiger partial charge in [0.1, 0.15) is 12.4 Å². The number of halogens is 2. The average molecular weight is 531 g/mol. The molecular weight excluding hydrogens is 507 g/mol. The van der Waals surface area contributed by atoms with E-state index in [1.807, 2.05) is 84.9 Å². The fourth-order valence-corrected chi connectivity index (χ4v) is 5.01. The van der Waals surface area contributed by atoms with Crippen molar-refractivity contribution in [2.24, 2.45) is 5.10 Å². The molecular formula is C30H24Cl2N2O3. The summed E-state index contributed by atoms with van der Waals surface area (Å²) in [6.07, 6.45) is 0.341. The average Bonchev–Trinajstić information content (AvgIpc) is 3.38. The highest BCUT2D eigenvalue weighted by molar-refractivity contribution is 6.30. The lowest BCUT2D eigenvalue weighted by molar-refractivity contribution is -0.0209. The summed E-state index contributed by atoms with van der Waals surface area (Å²) in [5, 5.41) is 8.49. The summed E-state index contributed by atoms with van der Waals surface area (Å²) >= 11 is 12.1. The topological polar surface area (TPSA) is 43.3 Å². The van der Waals surface area contributed by atoms with Crippen LogP contribution in [0.4, 0.5) is 0 Å². The number of hydrogen-bond acceptors (Lipinski definition) is 5. The van der Waals surface area contributed by atoms with Crippen molar-refractivity contribution in [3.63, 3.8) is 0 Å². The first kappa shape index (κ1) is 23.7. The molecule has 0 bridgehead atoms. The summed E-state index contributed by atoms with van der Waals surface area (Å²) in [4.78, 5) is 0. The number of hydrazone groups is 1. The lowest BCUT2D eigenvalue weighted by atomic mass is 9.95. The molecule has 37 heavy (non-hydrogen) atoms. The molecule has 2 aliphatic heterocycles. The summed E-state index contributed by atoms with van der Waals surface area (Å²) in [5.41, 5.74) is 5.13. The standard InChI is InChI=1S/C30H24Cl2N2O3/c1-35-28-4-2-3-25-27-17-26(20-7-13-23(32)14-8-20)33-34(27)30(37-29(25)28)21-9-15-24(16-10-21)36-18-19-5-11-22(31)12-6-19/h2-16,27,30H,17-18H2,1H3/t27-,30-/m0/s1. The van der Waals surface area contributed by atoms with Crippen LogP contribution in [0.25, 0.3) is 0 Å². The maximum absolute atomic E-state index is 6.56. The zero-order valence-electron chi connectivity index (χ0n) is 20.1. The van der Waals surface area contributed by atoms with Gasteiger partial charge in [0.15, 0.2) is 11.5 Å². The molecule has 0 saturated carbocycles. The van der Waals surface area contributed by atoms with E-state index >= 15 is 0 Å². The van der Waals surface area contributed by atoms with Crippen molar-refractivity contribution in [2.75, 3.05) is 7.11 Å². The van der Waals surface area contributed by atoms with E-state index in [1.165, 1.54) is 0 Å². The zero-order chi connectivity index (χ0) is 25.4. The normalized spacial score (nSPS) is 17.9. The Morgan fingerprint density at radius 3 is 2.30 bits per heavy atom. The van der Waals surface area contributed by atoms with Crippen LogP contribution in [0.2, 0.25) is 10.0 Å². The molecule has 0 fully saturated rings. The minimum absolute atomic E-state index is 0.0235. The maximum Gasteiger partial charge on any atom is 0.214 e. The summed E-state index contributed by atoms with van der Waals surface area (Å²) in [6, 6.07) is 29.4. The van der Waals surface area contributed by atoms with E-state index in [0.717, 1.165) is 45.9 Å². The highest BCUT2D eigenvalue weighted by Crippen LogP contribution is 2.50. The second-order valence-electron chi connectivity index (χ2n) is 8.99. The molecule has 4 aromatic carbocycles. The van der Waals surface area contributed by atoms with E-state index in [0.29, 0.717) is 22.4 Å². The van der Waals surface area contributed by atoms with Crippen molar-refractivity contribution in [3.8, 4) is 17.2 Å². The molecule has 6 rings (SSSR count). The van der Waals surface area contributed by atoms with Crippen molar-refractivity contribution in [2.45, 2.75) is 25.3 Å². The molecule has 0 spiro atoms. The van der Waals surface area contributed by atoms with E-state index in [4.69, 9.17) is 42.5 Å². The Morgan fingerprint density at radius 1 is 0.892 bits per heavy atom. The van der Waals surface area contributed by atoms with Crippen molar-refractivity contribution in [3.05, 3.63) is 123 Å². The van der Waals surface area contributed by atoms with Gasteiger partial charge in [-0.25, -0.2) is 5.01 Å². The van der Waals surface area contributed by atoms with E-state index in [9.17, 15) is 0 Å². The monoisotopic (exact) mass is 530 g/mol. The first-order valence-corrected chi connectivity index (χ1v) is 12.8. The molecule has 2 atom stereocenters. The lowest BCUT2D eigenvalue weighted by Gasteiger charge is -2.38. The number of fused-ring (bicyclic) bond motifs is 3. The van der Waals surface area contributed by atoms with Crippen LogP contribution < -0.4 is 14.2 Å². The van der Waals surface area contributed by atoms with Gasteiger partial charge in [-0.3, -0.25) is 0 Å². The van der Waals surface area contributed by atoms with Gasteiger partial charge in [-0.2, -0.15) is 5.10 Å². The van der Waals surface area contributed by atoms with Crippen LogP contribution in [0.3, 0.4) is 0 Å². The highest BCUT2D eigenvalue weighted by atomic mass is 35.5. The molecule has 2 aliphatic rings. The van der Waals surface area contributed by atoms with Gasteiger partial charge in [-0.05, 0) is 65.7 Å². The third-order valence-corrected chi connectivity index (χ3v) is 7.17. The Balaban J connectivity index is 1.29. The van der Waals surface area contributed by atoms with Crippen molar-refractivity contribution in [1.29, 1.82) is 0 Å². The molecule has 0 aliphatic carbocycles. The fraction of sp³-hybridized carbons (Fsp3) is 0.167. The summed E-state index contributed by atoms with van der Waals surface area (Å²) in [5.74, 6) is 2.24. The van der Waals surface area contributed by atoms with Crippen LogP contribution in [0, 0.1) is 0 Å². The van der Waals surface area contributed by atoms with Gasteiger partial charge in [-0.15, -0.1) is 0 Å². The number of ether oxygens (including phenoxy) is 3. The largest absolute Gasteiger partial charge is 0.493 e. The number of methoxy groups -OCH3 is 1. The quantitative estimate of drug-likeness (QED) is 0.254. The lowest BCUT2D eigenvalue weighted by Crippen LogP contribution is -2.33. The Hall–Kier alpha value is -3.67. The zero-order valence-corrected chi connectivity index (χ0v) is 21.6. The van der Waals surface area contributed by atoms with Gasteiger partial charge < -0.3 is 14.2 Å². The molecule has 7 heteroatoms. The molecule has 0 saturated heterocycles. The van der Waals surface area contributed by atoms with Gasteiger partial charge in [-0.1, -0.05) is 59.6 Å². The third kappa shape index (κ3) is 4.73. The van der Waals surface area contributed by atoms with E-state index in [1.54, 1.807) is 7.11 Å². The predicted molar refractivity (Wildman–Crippen MR) is 146 cm³/mol. The van der Waals surface area contributed by atoms with Crippen LogP contribution >= 0.6 is 23.2 Å². The van der Waals surface area contributed by atoms with E-state index in [2.05, 4.69) is 11.1 Å². The van der Waals surface area contributed by atoms with Gasteiger partial charge in [0.05, 0.1) is 18.9 Å².